The number of hydrogen-bond donors (Lipinski definition) is 0. The van der Waals surface area contributed by atoms with E-state index in [1.807, 2.05) is 136 Å². The molecule has 12 heteroatoms. The maximum absolute atomic E-state index is 2.55. The Morgan fingerprint density at radius 1 is 0.167 bits per heavy atom. The van der Waals surface area contributed by atoms with Crippen molar-refractivity contribution in [2.75, 3.05) is 0 Å². The summed E-state index contributed by atoms with van der Waals surface area (Å²) >= 11 is 24.1. The van der Waals surface area contributed by atoms with Crippen LogP contribution < -0.4 is 0 Å². The zero-order valence-electron chi connectivity index (χ0n) is 61.0. The summed E-state index contributed by atoms with van der Waals surface area (Å²) in [4.78, 5) is 34.0. The normalized spacial score (nSPS) is 11.8. The number of unbranched alkanes of at least 4 members (excludes halogenated alkanes) is 18. The van der Waals surface area contributed by atoms with E-state index in [0.29, 0.717) is 0 Å². The minimum absolute atomic E-state index is 1.18. The lowest BCUT2D eigenvalue weighted by atomic mass is 10.0. The van der Waals surface area contributed by atoms with E-state index in [9.17, 15) is 0 Å². The molecule has 13 aromatic rings. The zero-order chi connectivity index (χ0) is 70.0. The van der Waals surface area contributed by atoms with Crippen LogP contribution in [0.3, 0.4) is 0 Å². The van der Waals surface area contributed by atoms with Crippen molar-refractivity contribution < 1.29 is 0 Å². The Morgan fingerprint density at radius 2 is 0.373 bits per heavy atom. The maximum Gasteiger partial charge on any atom is 0.0536 e. The van der Waals surface area contributed by atoms with Crippen LogP contribution in [0.2, 0.25) is 0 Å². The van der Waals surface area contributed by atoms with Crippen molar-refractivity contribution >= 4 is 136 Å². The van der Waals surface area contributed by atoms with Crippen molar-refractivity contribution in [1.82, 2.24) is 0 Å². The summed E-state index contributed by atoms with van der Waals surface area (Å²) in [5, 5.41) is 0. The quantitative estimate of drug-likeness (QED) is 0.0335. The number of hydrogen-bond acceptors (Lipinski definition) is 12. The molecule has 0 amide bonds. The second kappa shape index (κ2) is 38.4. The second-order valence-electron chi connectivity index (χ2n) is 27.8. The molecule has 534 valence electrons. The summed E-state index contributed by atoms with van der Waals surface area (Å²) in [6, 6.07) is 58.8. The lowest BCUT2D eigenvalue weighted by Crippen LogP contribution is -1.81. The molecule has 102 heavy (non-hydrogen) atoms. The van der Waals surface area contributed by atoms with Crippen LogP contribution >= 0.6 is 136 Å². The van der Waals surface area contributed by atoms with Gasteiger partial charge in [-0.25, -0.2) is 0 Å². The minimum Gasteiger partial charge on any atom is -0.140 e. The van der Waals surface area contributed by atoms with Crippen molar-refractivity contribution in [2.45, 2.75) is 234 Å². The summed E-state index contributed by atoms with van der Waals surface area (Å²) in [7, 11) is 0. The Morgan fingerprint density at radius 3 is 0.608 bits per heavy atom. The number of aryl methyl sites for hydroxylation is 6. The van der Waals surface area contributed by atoms with Gasteiger partial charge in [-0.1, -0.05) is 157 Å². The molecular weight excluding hydrogens is 1470 g/mol. The van der Waals surface area contributed by atoms with E-state index in [-0.39, 0.29) is 0 Å². The first-order chi connectivity index (χ1) is 50.2. The third-order valence-corrected chi connectivity index (χ3v) is 34.5. The van der Waals surface area contributed by atoms with Crippen molar-refractivity contribution in [2.24, 2.45) is 0 Å². The maximum atomic E-state index is 2.55. The molecule has 0 radical (unpaired) electrons. The van der Waals surface area contributed by atoms with Gasteiger partial charge < -0.3 is 0 Å². The highest BCUT2D eigenvalue weighted by Gasteiger charge is 2.24. The predicted molar refractivity (Wildman–Crippen MR) is 473 cm³/mol. The molecule has 12 heterocycles. The number of benzene rings is 1. The summed E-state index contributed by atoms with van der Waals surface area (Å²) < 4.78 is 0. The molecule has 0 unspecified atom stereocenters. The Balaban J connectivity index is 0.872. The van der Waals surface area contributed by atoms with Crippen LogP contribution in [0.4, 0.5) is 0 Å². The molecule has 0 N–H and O–H groups in total. The van der Waals surface area contributed by atoms with E-state index in [1.165, 1.54) is 343 Å². The Bertz CT molecular complexity index is 3990. The van der Waals surface area contributed by atoms with Crippen LogP contribution in [-0.2, 0) is 38.5 Å². The first kappa shape index (κ1) is 75.8. The lowest BCUT2D eigenvalue weighted by molar-refractivity contribution is 0.670. The van der Waals surface area contributed by atoms with Crippen molar-refractivity contribution in [1.29, 1.82) is 0 Å². The molecule has 0 saturated heterocycles. The minimum atomic E-state index is 1.18. The fraction of sp³-hybridized carbons (Fsp3) is 0.400. The van der Waals surface area contributed by atoms with E-state index in [4.69, 9.17) is 0 Å². The fourth-order valence-electron chi connectivity index (χ4n) is 13.8. The molecule has 0 saturated carbocycles. The molecular formula is C90H102S12. The first-order valence-corrected chi connectivity index (χ1v) is 48.5. The van der Waals surface area contributed by atoms with Crippen LogP contribution in [0.1, 0.15) is 225 Å². The van der Waals surface area contributed by atoms with Crippen molar-refractivity contribution in [3.8, 4) is 121 Å². The van der Waals surface area contributed by atoms with Gasteiger partial charge in [0.15, 0.2) is 0 Å². The average Bonchev–Trinajstić information content (AvgIpc) is 1.59. The van der Waals surface area contributed by atoms with Gasteiger partial charge in [0.05, 0.1) is 14.6 Å². The molecule has 0 fully saturated rings. The Kier molecular flexibility index (Phi) is 28.6. The Hall–Kier alpha value is -4.38. The van der Waals surface area contributed by atoms with Gasteiger partial charge in [0, 0.05) is 119 Å². The molecule has 1 aromatic carbocycles. The summed E-state index contributed by atoms with van der Waals surface area (Å²) in [5.41, 5.74) is 8.08. The molecule has 0 bridgehead atoms. The van der Waals surface area contributed by atoms with Crippen LogP contribution in [0.25, 0.3) is 121 Å². The topological polar surface area (TPSA) is 0 Å². The molecule has 0 atom stereocenters. The highest BCUT2D eigenvalue weighted by molar-refractivity contribution is 7.30. The number of rotatable bonds is 42. The monoisotopic (exact) mass is 1570 g/mol. The van der Waals surface area contributed by atoms with Crippen molar-refractivity contribution in [3.05, 3.63) is 175 Å². The van der Waals surface area contributed by atoms with Gasteiger partial charge in [-0.3, -0.25) is 0 Å². The van der Waals surface area contributed by atoms with E-state index < -0.39 is 0 Å². The van der Waals surface area contributed by atoms with Crippen LogP contribution in [0.5, 0.6) is 0 Å². The molecule has 12 aromatic heterocycles. The van der Waals surface area contributed by atoms with Crippen LogP contribution in [-0.4, -0.2) is 0 Å². The van der Waals surface area contributed by atoms with E-state index in [2.05, 4.69) is 187 Å². The number of thiophene rings is 12. The molecule has 0 spiro atoms. The lowest BCUT2D eigenvalue weighted by Gasteiger charge is -2.07. The average molecular weight is 1570 g/mol. The summed E-state index contributed by atoms with van der Waals surface area (Å²) in [5.74, 6) is 0. The first-order valence-electron chi connectivity index (χ1n) is 38.7. The van der Waals surface area contributed by atoms with Gasteiger partial charge in [-0.05, 0) is 239 Å². The van der Waals surface area contributed by atoms with Gasteiger partial charge in [-0.15, -0.1) is 136 Å². The second-order valence-corrected chi connectivity index (χ2v) is 41.2. The van der Waals surface area contributed by atoms with Gasteiger partial charge in [0.2, 0.25) is 0 Å². The largest absolute Gasteiger partial charge is 0.140 e. The predicted octanol–water partition coefficient (Wildman–Crippen LogP) is 35.2. The van der Waals surface area contributed by atoms with E-state index in [0.717, 1.165) is 0 Å². The third kappa shape index (κ3) is 19.7. The molecule has 0 nitrogen and oxygen atoms in total. The molecule has 0 aliphatic heterocycles. The van der Waals surface area contributed by atoms with Gasteiger partial charge >= 0.3 is 0 Å². The highest BCUT2D eigenvalue weighted by Crippen LogP contribution is 2.54. The fourth-order valence-corrected chi connectivity index (χ4v) is 27.5. The third-order valence-electron chi connectivity index (χ3n) is 19.6. The van der Waals surface area contributed by atoms with Crippen LogP contribution in [0, 0.1) is 0 Å². The molecule has 13 rings (SSSR count). The SMILES string of the molecule is CCCCCCc1ccc(-c2cc(-c3ccc(-c4cc(-c5ccc(-c6cc(-c7ccc(CCCCCC)s7)c(-c7ccc(CCCCCC)s7)s6)s5)cc(-c5ccc(-c6cc(-c7ccc(CCCCCC)s7)c(-c7ccc(CCCCCC)s7)s6)s5)c4)s3)sc2-c2ccc(CCCCCC)s2)s1. The summed E-state index contributed by atoms with van der Waals surface area (Å²) in [6.07, 6.45) is 38.2. The van der Waals surface area contributed by atoms with Gasteiger partial charge in [0.1, 0.15) is 0 Å². The van der Waals surface area contributed by atoms with Gasteiger partial charge in [0.25, 0.3) is 0 Å². The van der Waals surface area contributed by atoms with E-state index in [1.54, 1.807) is 0 Å². The highest BCUT2D eigenvalue weighted by atomic mass is 32.1. The smallest absolute Gasteiger partial charge is 0.0536 e. The van der Waals surface area contributed by atoms with Crippen LogP contribution in [0.15, 0.2) is 146 Å². The molecule has 0 aliphatic rings. The van der Waals surface area contributed by atoms with Gasteiger partial charge in [-0.2, -0.15) is 0 Å². The summed E-state index contributed by atoms with van der Waals surface area (Å²) in [6.45, 7) is 13.9. The van der Waals surface area contributed by atoms with Crippen molar-refractivity contribution in [3.63, 3.8) is 0 Å². The standard InChI is InChI=1S/C90H102S12/c1-7-13-19-25-31-64-37-43-76(91-64)70-58-85(100-88(70)82-46-40-67(94-82)34-28-22-16-10-4)79-52-49-73(97-79)61-55-62(74-50-53-80(98-74)86-59-71(77-44-38-65(92-77)32-26-20-14-8-2)89(101-86)83-47-41-68(95-83)35-29-23-17-11-5)57-63(56-61)75-51-54-81(99-75)87-60-72(78-45-39-66(93-78)33-27-21-15-9-3)90(102-87)84-48-42-69(96-84)36-30-24-18-12-6/h37-60H,7-36H2,1-6H3. The molecule has 0 aliphatic carbocycles. The Labute approximate surface area is 659 Å². The zero-order valence-corrected chi connectivity index (χ0v) is 70.8. The van der Waals surface area contributed by atoms with E-state index >= 15 is 0 Å².